The van der Waals surface area contributed by atoms with Crippen LogP contribution in [0.15, 0.2) is 0 Å². The van der Waals surface area contributed by atoms with Crippen molar-refractivity contribution in [2.45, 2.75) is 51.6 Å². The second-order valence-electron chi connectivity index (χ2n) is 3.54. The molecule has 0 saturated carbocycles. The maximum atomic E-state index is 10.6. The standard InChI is InChI=1S/C9H16O4/c1-5(12-7(3)11)4-8-9(13-8)6(2)10/h5-6,8-10H,4H2,1-3H3/t5-,6+,8+,9+/m1/s1. The molecule has 1 rings (SSSR count). The molecule has 1 N–H and O–H groups in total. The van der Waals surface area contributed by atoms with Gasteiger partial charge in [-0.3, -0.25) is 4.79 Å². The van der Waals surface area contributed by atoms with Gasteiger partial charge in [-0.15, -0.1) is 0 Å². The first kappa shape index (κ1) is 10.5. The van der Waals surface area contributed by atoms with Crippen molar-refractivity contribution in [3.05, 3.63) is 0 Å². The summed E-state index contributed by atoms with van der Waals surface area (Å²) in [5.41, 5.74) is 0. The van der Waals surface area contributed by atoms with Gasteiger partial charge in [-0.2, -0.15) is 0 Å². The van der Waals surface area contributed by atoms with E-state index < -0.39 is 6.10 Å². The molecule has 0 bridgehead atoms. The molecule has 76 valence electrons. The molecule has 1 saturated heterocycles. The molecule has 1 aliphatic heterocycles. The molecule has 0 spiro atoms. The average molecular weight is 188 g/mol. The number of esters is 1. The number of carbonyl (C=O) groups is 1. The first-order valence-electron chi connectivity index (χ1n) is 4.51. The largest absolute Gasteiger partial charge is 0.463 e. The summed E-state index contributed by atoms with van der Waals surface area (Å²) in [4.78, 5) is 10.6. The molecule has 0 aromatic carbocycles. The summed E-state index contributed by atoms with van der Waals surface area (Å²) in [6.45, 7) is 4.90. The molecule has 0 amide bonds. The fourth-order valence-corrected chi connectivity index (χ4v) is 1.43. The Morgan fingerprint density at radius 1 is 1.62 bits per heavy atom. The van der Waals surface area contributed by atoms with Crippen LogP contribution in [-0.4, -0.2) is 35.5 Å². The molecule has 0 radical (unpaired) electrons. The molecule has 4 nitrogen and oxygen atoms in total. The maximum Gasteiger partial charge on any atom is 0.302 e. The quantitative estimate of drug-likeness (QED) is 0.515. The summed E-state index contributed by atoms with van der Waals surface area (Å²) in [6, 6.07) is 0. The highest BCUT2D eigenvalue weighted by Gasteiger charge is 2.43. The molecule has 1 fully saturated rings. The second kappa shape index (κ2) is 4.07. The number of epoxide rings is 1. The van der Waals surface area contributed by atoms with Crippen LogP contribution in [0.1, 0.15) is 27.2 Å². The fraction of sp³-hybridized carbons (Fsp3) is 0.889. The first-order chi connectivity index (χ1) is 6.00. The molecule has 0 unspecified atom stereocenters. The third kappa shape index (κ3) is 3.32. The van der Waals surface area contributed by atoms with Crippen LogP contribution in [0.2, 0.25) is 0 Å². The number of hydrogen-bond donors (Lipinski definition) is 1. The summed E-state index contributed by atoms with van der Waals surface area (Å²) in [6.07, 6.45) is 0.0722. The van der Waals surface area contributed by atoms with Crippen molar-refractivity contribution in [3.63, 3.8) is 0 Å². The van der Waals surface area contributed by atoms with Gasteiger partial charge in [-0.05, 0) is 13.8 Å². The number of aliphatic hydroxyl groups is 1. The zero-order chi connectivity index (χ0) is 10.0. The zero-order valence-corrected chi connectivity index (χ0v) is 8.19. The van der Waals surface area contributed by atoms with E-state index in [2.05, 4.69) is 0 Å². The SMILES string of the molecule is CC(=O)O[C@H](C)C[C@@H]1O[C@H]1[C@H](C)O. The van der Waals surface area contributed by atoms with E-state index in [0.29, 0.717) is 6.42 Å². The van der Waals surface area contributed by atoms with Gasteiger partial charge >= 0.3 is 5.97 Å². The van der Waals surface area contributed by atoms with Crippen LogP contribution in [0, 0.1) is 0 Å². The lowest BCUT2D eigenvalue weighted by molar-refractivity contribution is -0.145. The van der Waals surface area contributed by atoms with Crippen molar-refractivity contribution in [2.75, 3.05) is 0 Å². The van der Waals surface area contributed by atoms with Gasteiger partial charge in [0.05, 0.1) is 12.2 Å². The first-order valence-corrected chi connectivity index (χ1v) is 4.51. The van der Waals surface area contributed by atoms with E-state index in [4.69, 9.17) is 14.6 Å². The summed E-state index contributed by atoms with van der Waals surface area (Å²) in [7, 11) is 0. The van der Waals surface area contributed by atoms with Gasteiger partial charge in [0.1, 0.15) is 12.2 Å². The summed E-state index contributed by atoms with van der Waals surface area (Å²) < 4.78 is 10.1. The molecule has 0 aliphatic carbocycles. The van der Waals surface area contributed by atoms with Crippen molar-refractivity contribution in [1.29, 1.82) is 0 Å². The Hall–Kier alpha value is -0.610. The highest BCUT2D eigenvalue weighted by atomic mass is 16.6. The molecule has 4 heteroatoms. The van der Waals surface area contributed by atoms with E-state index in [1.807, 2.05) is 6.92 Å². The number of carbonyl (C=O) groups excluding carboxylic acids is 1. The molecule has 0 aromatic heterocycles. The van der Waals surface area contributed by atoms with Gasteiger partial charge in [-0.25, -0.2) is 0 Å². The molecule has 4 atom stereocenters. The summed E-state index contributed by atoms with van der Waals surface area (Å²) >= 11 is 0. The van der Waals surface area contributed by atoms with Crippen molar-refractivity contribution in [3.8, 4) is 0 Å². The van der Waals surface area contributed by atoms with Gasteiger partial charge < -0.3 is 14.6 Å². The third-order valence-electron chi connectivity index (χ3n) is 2.03. The van der Waals surface area contributed by atoms with Crippen LogP contribution >= 0.6 is 0 Å². The molecular formula is C9H16O4. The maximum absolute atomic E-state index is 10.6. The summed E-state index contributed by atoms with van der Waals surface area (Å²) in [5, 5.41) is 9.12. The lowest BCUT2D eigenvalue weighted by atomic mass is 10.1. The minimum Gasteiger partial charge on any atom is -0.463 e. The Balaban J connectivity index is 2.16. The zero-order valence-electron chi connectivity index (χ0n) is 8.19. The number of aliphatic hydroxyl groups excluding tert-OH is 1. The Kier molecular flexibility index (Phi) is 3.27. The van der Waals surface area contributed by atoms with Crippen LogP contribution in [0.3, 0.4) is 0 Å². The molecule has 13 heavy (non-hydrogen) atoms. The molecule has 0 aromatic rings. The predicted octanol–water partition coefficient (Wildman–Crippen LogP) is 0.476. The number of hydrogen-bond acceptors (Lipinski definition) is 4. The van der Waals surface area contributed by atoms with E-state index in [1.54, 1.807) is 6.92 Å². The fourth-order valence-electron chi connectivity index (χ4n) is 1.43. The van der Waals surface area contributed by atoms with Crippen molar-refractivity contribution in [2.24, 2.45) is 0 Å². The van der Waals surface area contributed by atoms with Gasteiger partial charge in [0.15, 0.2) is 0 Å². The van der Waals surface area contributed by atoms with Gasteiger partial charge in [0.2, 0.25) is 0 Å². The highest BCUT2D eigenvalue weighted by molar-refractivity contribution is 5.66. The van der Waals surface area contributed by atoms with Crippen molar-refractivity contribution < 1.29 is 19.4 Å². The summed E-state index contributed by atoms with van der Waals surface area (Å²) in [5.74, 6) is -0.276. The molecule has 1 aliphatic rings. The highest BCUT2D eigenvalue weighted by Crippen LogP contribution is 2.29. The van der Waals surface area contributed by atoms with Crippen LogP contribution in [0.4, 0.5) is 0 Å². The van der Waals surface area contributed by atoms with Crippen LogP contribution in [0.25, 0.3) is 0 Å². The Morgan fingerprint density at radius 3 is 2.62 bits per heavy atom. The Bertz CT molecular complexity index is 190. The van der Waals surface area contributed by atoms with Crippen LogP contribution < -0.4 is 0 Å². The number of ether oxygens (including phenoxy) is 2. The van der Waals surface area contributed by atoms with Crippen molar-refractivity contribution >= 4 is 5.97 Å². The van der Waals surface area contributed by atoms with E-state index in [0.717, 1.165) is 0 Å². The van der Waals surface area contributed by atoms with Gasteiger partial charge in [-0.1, -0.05) is 0 Å². The van der Waals surface area contributed by atoms with Crippen molar-refractivity contribution in [1.82, 2.24) is 0 Å². The van der Waals surface area contributed by atoms with E-state index >= 15 is 0 Å². The lowest BCUT2D eigenvalue weighted by Gasteiger charge is -2.09. The van der Waals surface area contributed by atoms with Crippen LogP contribution in [-0.2, 0) is 14.3 Å². The number of rotatable bonds is 4. The Morgan fingerprint density at radius 2 is 2.23 bits per heavy atom. The van der Waals surface area contributed by atoms with Crippen LogP contribution in [0.5, 0.6) is 0 Å². The van der Waals surface area contributed by atoms with E-state index in [-0.39, 0.29) is 24.3 Å². The monoisotopic (exact) mass is 188 g/mol. The smallest absolute Gasteiger partial charge is 0.302 e. The lowest BCUT2D eigenvalue weighted by Crippen LogP contribution is -2.18. The topological polar surface area (TPSA) is 59.1 Å². The minimum absolute atomic E-state index is 0.0503. The van der Waals surface area contributed by atoms with Gasteiger partial charge in [0, 0.05) is 13.3 Å². The second-order valence-corrected chi connectivity index (χ2v) is 3.54. The Labute approximate surface area is 77.8 Å². The molecular weight excluding hydrogens is 172 g/mol. The third-order valence-corrected chi connectivity index (χ3v) is 2.03. The predicted molar refractivity (Wildman–Crippen MR) is 46.2 cm³/mol. The van der Waals surface area contributed by atoms with Gasteiger partial charge in [0.25, 0.3) is 0 Å². The normalized spacial score (nSPS) is 30.8. The van der Waals surface area contributed by atoms with E-state index in [1.165, 1.54) is 6.92 Å². The minimum atomic E-state index is -0.436. The molecule has 1 heterocycles. The van der Waals surface area contributed by atoms with E-state index in [9.17, 15) is 4.79 Å². The average Bonchev–Trinajstić information content (AvgIpc) is 2.64.